The van der Waals surface area contributed by atoms with Crippen LogP contribution in [0.25, 0.3) is 0 Å². The number of carbonyl (C=O) groups excluding carboxylic acids is 1. The Kier molecular flexibility index (Phi) is 6.50. The largest absolute Gasteiger partial charge is 0.332 e. The van der Waals surface area contributed by atoms with Crippen LogP contribution in [0.3, 0.4) is 0 Å². The molecule has 6 nitrogen and oxygen atoms in total. The number of quaternary nitrogens is 1. The Balaban J connectivity index is 2.05. The molecule has 0 aliphatic heterocycles. The number of anilines is 1. The molecule has 0 aliphatic rings. The van der Waals surface area contributed by atoms with Crippen molar-refractivity contribution in [3.63, 3.8) is 0 Å². The molecule has 0 bridgehead atoms. The molecule has 2 aromatic rings. The second-order valence-electron chi connectivity index (χ2n) is 6.09. The van der Waals surface area contributed by atoms with Crippen LogP contribution >= 0.6 is 11.6 Å². The zero-order valence-electron chi connectivity index (χ0n) is 14.1. The Morgan fingerprint density at radius 2 is 1.92 bits per heavy atom. The zero-order valence-corrected chi connectivity index (χ0v) is 14.9. The van der Waals surface area contributed by atoms with Crippen molar-refractivity contribution in [3.05, 3.63) is 69.2 Å². The maximum absolute atomic E-state index is 12.2. The van der Waals surface area contributed by atoms with E-state index in [1.807, 2.05) is 35.6 Å². The zero-order chi connectivity index (χ0) is 18.4. The molecule has 1 atom stereocenters. The quantitative estimate of drug-likeness (QED) is 0.585. The minimum Gasteiger partial charge on any atom is -0.332 e. The lowest BCUT2D eigenvalue weighted by atomic mass is 9.96. The number of nitrogens with one attached hydrogen (secondary N) is 1. The highest BCUT2D eigenvalue weighted by Gasteiger charge is 2.22. The average Bonchev–Trinajstić information content (AvgIpc) is 2.55. The van der Waals surface area contributed by atoms with E-state index in [-0.39, 0.29) is 29.9 Å². The van der Waals surface area contributed by atoms with Gasteiger partial charge in [-0.25, -0.2) is 0 Å². The van der Waals surface area contributed by atoms with Gasteiger partial charge in [0.2, 0.25) is 0 Å². The van der Waals surface area contributed by atoms with E-state index in [1.165, 1.54) is 18.2 Å². The van der Waals surface area contributed by atoms with Crippen LogP contribution in [0.1, 0.15) is 25.5 Å². The number of amides is 1. The van der Waals surface area contributed by atoms with Crippen LogP contribution in [0.2, 0.25) is 5.02 Å². The number of nitrogens with two attached hydrogens (primary N) is 1. The van der Waals surface area contributed by atoms with E-state index in [0.717, 1.165) is 5.56 Å². The second-order valence-corrected chi connectivity index (χ2v) is 6.52. The van der Waals surface area contributed by atoms with E-state index >= 15 is 0 Å². The van der Waals surface area contributed by atoms with Crippen molar-refractivity contribution in [2.45, 2.75) is 19.9 Å². The minimum atomic E-state index is -0.545. The van der Waals surface area contributed by atoms with Crippen LogP contribution in [-0.2, 0) is 4.79 Å². The Morgan fingerprint density at radius 3 is 2.52 bits per heavy atom. The van der Waals surface area contributed by atoms with Crippen LogP contribution in [0.15, 0.2) is 48.5 Å². The fraction of sp³-hybridized carbons (Fsp3) is 0.278. The Hall–Kier alpha value is -2.44. The van der Waals surface area contributed by atoms with Crippen molar-refractivity contribution < 1.29 is 15.0 Å². The molecule has 3 N–H and O–H groups in total. The van der Waals surface area contributed by atoms with E-state index in [2.05, 4.69) is 19.2 Å². The lowest BCUT2D eigenvalue weighted by Crippen LogP contribution is -2.88. The third-order valence-electron chi connectivity index (χ3n) is 3.89. The number of carbonyl (C=O) groups is 1. The summed E-state index contributed by atoms with van der Waals surface area (Å²) >= 11 is 5.87. The summed E-state index contributed by atoms with van der Waals surface area (Å²) < 4.78 is 0. The molecule has 1 amide bonds. The molecule has 7 heteroatoms. The molecular weight excluding hydrogens is 342 g/mol. The first-order valence-corrected chi connectivity index (χ1v) is 8.38. The van der Waals surface area contributed by atoms with E-state index in [0.29, 0.717) is 10.9 Å². The fourth-order valence-electron chi connectivity index (χ4n) is 2.67. The van der Waals surface area contributed by atoms with Gasteiger partial charge in [0.1, 0.15) is 11.7 Å². The summed E-state index contributed by atoms with van der Waals surface area (Å²) in [7, 11) is 0. The van der Waals surface area contributed by atoms with Crippen molar-refractivity contribution in [2.24, 2.45) is 5.92 Å². The molecule has 0 unspecified atom stereocenters. The fourth-order valence-corrected chi connectivity index (χ4v) is 2.84. The topological polar surface area (TPSA) is 88.8 Å². The van der Waals surface area contributed by atoms with Crippen molar-refractivity contribution in [1.82, 2.24) is 0 Å². The summed E-state index contributed by atoms with van der Waals surface area (Å²) in [6.45, 7) is 4.34. The second kappa shape index (κ2) is 8.60. The van der Waals surface area contributed by atoms with Gasteiger partial charge in [0.25, 0.3) is 11.6 Å². The van der Waals surface area contributed by atoms with Gasteiger partial charge in [-0.1, -0.05) is 55.8 Å². The highest BCUT2D eigenvalue weighted by atomic mass is 35.5. The van der Waals surface area contributed by atoms with E-state index in [9.17, 15) is 14.9 Å². The lowest BCUT2D eigenvalue weighted by Gasteiger charge is -2.19. The molecule has 0 spiro atoms. The average molecular weight is 363 g/mol. The third kappa shape index (κ3) is 5.27. The van der Waals surface area contributed by atoms with E-state index in [4.69, 9.17) is 11.6 Å². The van der Waals surface area contributed by atoms with E-state index in [1.54, 1.807) is 0 Å². The van der Waals surface area contributed by atoms with Crippen LogP contribution in [0.5, 0.6) is 0 Å². The van der Waals surface area contributed by atoms with Crippen molar-refractivity contribution >= 4 is 28.9 Å². The van der Waals surface area contributed by atoms with Crippen LogP contribution in [-0.4, -0.2) is 17.4 Å². The molecule has 2 rings (SSSR count). The number of nitro groups is 1. The SMILES string of the molecule is CC(C)[C@@H]([NH2+]CC(=O)Nc1cc(Cl)ccc1[N+](=O)[O-])c1ccccc1. The molecule has 132 valence electrons. The van der Waals surface area contributed by atoms with Gasteiger partial charge in [-0.15, -0.1) is 0 Å². The smallest absolute Gasteiger partial charge is 0.292 e. The van der Waals surface area contributed by atoms with Gasteiger partial charge >= 0.3 is 0 Å². The first kappa shape index (κ1) is 18.9. The predicted molar refractivity (Wildman–Crippen MR) is 97.5 cm³/mol. The van der Waals surface area contributed by atoms with Crippen molar-refractivity contribution in [3.8, 4) is 0 Å². The normalized spacial score (nSPS) is 12.0. The lowest BCUT2D eigenvalue weighted by molar-refractivity contribution is -0.692. The summed E-state index contributed by atoms with van der Waals surface area (Å²) in [4.78, 5) is 22.8. The first-order chi connectivity index (χ1) is 11.9. The minimum absolute atomic E-state index is 0.108. The number of nitrogens with zero attached hydrogens (tertiary/aromatic N) is 1. The summed E-state index contributed by atoms with van der Waals surface area (Å²) in [5.74, 6) is 0.0163. The Labute approximate surface area is 151 Å². The maximum Gasteiger partial charge on any atom is 0.292 e. The van der Waals surface area contributed by atoms with Crippen LogP contribution in [0.4, 0.5) is 11.4 Å². The highest BCUT2D eigenvalue weighted by molar-refractivity contribution is 6.31. The molecule has 0 radical (unpaired) electrons. The van der Waals surface area contributed by atoms with Crippen molar-refractivity contribution in [2.75, 3.05) is 11.9 Å². The van der Waals surface area contributed by atoms with Crippen LogP contribution < -0.4 is 10.6 Å². The summed E-state index contributed by atoms with van der Waals surface area (Å²) in [5.41, 5.74) is 1.07. The summed E-state index contributed by atoms with van der Waals surface area (Å²) in [6.07, 6.45) is 0. The van der Waals surface area contributed by atoms with Gasteiger partial charge in [-0.2, -0.15) is 0 Å². The summed E-state index contributed by atoms with van der Waals surface area (Å²) in [5, 5.41) is 15.9. The number of nitro benzene ring substituents is 1. The monoisotopic (exact) mass is 362 g/mol. The van der Waals surface area contributed by atoms with Crippen molar-refractivity contribution in [1.29, 1.82) is 0 Å². The Morgan fingerprint density at radius 1 is 1.24 bits per heavy atom. The molecule has 2 aromatic carbocycles. The molecule has 25 heavy (non-hydrogen) atoms. The third-order valence-corrected chi connectivity index (χ3v) is 4.12. The van der Waals surface area contributed by atoms with Gasteiger partial charge in [-0.05, 0) is 12.1 Å². The number of hydrogen-bond acceptors (Lipinski definition) is 3. The number of halogens is 1. The van der Waals surface area contributed by atoms with Gasteiger partial charge in [0.15, 0.2) is 6.54 Å². The van der Waals surface area contributed by atoms with E-state index < -0.39 is 4.92 Å². The standard InChI is InChI=1S/C18H20ClN3O3/c1-12(2)18(13-6-4-3-5-7-13)20-11-17(23)21-15-10-14(19)8-9-16(15)22(24)25/h3-10,12,18,20H,11H2,1-2H3,(H,21,23)/p+1/t18-/m1/s1. The number of hydrogen-bond donors (Lipinski definition) is 2. The molecule has 0 heterocycles. The molecule has 0 aromatic heterocycles. The van der Waals surface area contributed by atoms with Gasteiger partial charge < -0.3 is 10.6 Å². The van der Waals surface area contributed by atoms with Gasteiger partial charge in [-0.3, -0.25) is 14.9 Å². The Bertz CT molecular complexity index is 750. The van der Waals surface area contributed by atoms with Gasteiger partial charge in [0, 0.05) is 22.6 Å². The first-order valence-electron chi connectivity index (χ1n) is 8.00. The molecule has 0 fully saturated rings. The highest BCUT2D eigenvalue weighted by Crippen LogP contribution is 2.27. The predicted octanol–water partition coefficient (Wildman–Crippen LogP) is 3.15. The number of rotatable bonds is 7. The molecule has 0 saturated heterocycles. The molecular formula is C18H21ClN3O3+. The molecule has 0 saturated carbocycles. The number of benzene rings is 2. The maximum atomic E-state index is 12.2. The van der Waals surface area contributed by atoms with Crippen LogP contribution in [0, 0.1) is 16.0 Å². The van der Waals surface area contributed by atoms with Gasteiger partial charge in [0.05, 0.1) is 4.92 Å². The molecule has 0 aliphatic carbocycles. The summed E-state index contributed by atoms with van der Waals surface area (Å²) in [6, 6.07) is 14.2.